The lowest BCUT2D eigenvalue weighted by molar-refractivity contribution is -0.384. The normalized spacial score (nSPS) is 17.3. The molecule has 2 rings (SSSR count). The average molecular weight is 236 g/mol. The highest BCUT2D eigenvalue weighted by Crippen LogP contribution is 2.30. The molecule has 0 unspecified atom stereocenters. The van der Waals surface area contributed by atoms with E-state index in [1.54, 1.807) is 12.1 Å². The Labute approximate surface area is 99.9 Å². The lowest BCUT2D eigenvalue weighted by Gasteiger charge is -2.38. The van der Waals surface area contributed by atoms with Crippen molar-refractivity contribution in [3.63, 3.8) is 0 Å². The van der Waals surface area contributed by atoms with Crippen LogP contribution in [0.3, 0.4) is 0 Å². The molecule has 5 nitrogen and oxygen atoms in total. The van der Waals surface area contributed by atoms with Gasteiger partial charge in [-0.1, -0.05) is 13.0 Å². The van der Waals surface area contributed by atoms with Gasteiger partial charge in [-0.15, -0.1) is 0 Å². The number of rotatable bonds is 4. The lowest BCUT2D eigenvalue weighted by Crippen LogP contribution is -2.45. The molecule has 0 amide bonds. The maximum absolute atomic E-state index is 10.9. The number of hydrogen-bond donors (Lipinski definition) is 1. The van der Waals surface area contributed by atoms with Gasteiger partial charge in [0.25, 0.3) is 5.69 Å². The molecule has 0 aromatic heterocycles. The molecule has 1 aliphatic rings. The summed E-state index contributed by atoms with van der Waals surface area (Å²) < 4.78 is 5.15. The highest BCUT2D eigenvalue weighted by molar-refractivity contribution is 5.62. The van der Waals surface area contributed by atoms with Crippen LogP contribution in [0.4, 0.5) is 11.4 Å². The predicted octanol–water partition coefficient (Wildman–Crippen LogP) is 2.35. The molecule has 1 aromatic rings. The van der Waals surface area contributed by atoms with Gasteiger partial charge in [-0.3, -0.25) is 10.1 Å². The Bertz CT molecular complexity index is 441. The number of nitro groups is 1. The lowest BCUT2D eigenvalue weighted by atomic mass is 9.88. The number of nitro benzene ring substituents is 1. The molecule has 1 aromatic carbocycles. The number of hydrogen-bond acceptors (Lipinski definition) is 4. The fraction of sp³-hybridized carbons (Fsp3) is 0.500. The van der Waals surface area contributed by atoms with Crippen molar-refractivity contribution >= 4 is 11.4 Å². The molecule has 0 spiro atoms. The highest BCUT2D eigenvalue weighted by Gasteiger charge is 2.33. The van der Waals surface area contributed by atoms with Gasteiger partial charge in [0.2, 0.25) is 0 Å². The molecule has 1 aliphatic heterocycles. The smallest absolute Gasteiger partial charge is 0.292 e. The van der Waals surface area contributed by atoms with Gasteiger partial charge >= 0.3 is 0 Å². The van der Waals surface area contributed by atoms with Crippen LogP contribution in [0.25, 0.3) is 0 Å². The first kappa shape index (κ1) is 11.9. The minimum Gasteiger partial charge on any atom is -0.380 e. The van der Waals surface area contributed by atoms with Gasteiger partial charge < -0.3 is 10.1 Å². The van der Waals surface area contributed by atoms with Crippen LogP contribution in [-0.2, 0) is 4.74 Å². The van der Waals surface area contributed by atoms with E-state index < -0.39 is 0 Å². The van der Waals surface area contributed by atoms with Crippen molar-refractivity contribution in [2.24, 2.45) is 5.41 Å². The zero-order valence-electron chi connectivity index (χ0n) is 10.0. The quantitative estimate of drug-likeness (QED) is 0.643. The molecular weight excluding hydrogens is 220 g/mol. The summed E-state index contributed by atoms with van der Waals surface area (Å²) in [4.78, 5) is 10.5. The monoisotopic (exact) mass is 236 g/mol. The summed E-state index contributed by atoms with van der Waals surface area (Å²) in [6, 6.07) is 5.09. The van der Waals surface area contributed by atoms with Gasteiger partial charge in [0.1, 0.15) is 5.69 Å². The molecule has 1 N–H and O–H groups in total. The molecule has 0 atom stereocenters. The summed E-state index contributed by atoms with van der Waals surface area (Å²) in [7, 11) is 0. The number of nitrogens with one attached hydrogen (secondary N) is 1. The Morgan fingerprint density at radius 1 is 1.53 bits per heavy atom. The second kappa shape index (κ2) is 4.33. The number of anilines is 1. The average Bonchev–Trinajstić information content (AvgIpc) is 2.23. The summed E-state index contributed by atoms with van der Waals surface area (Å²) in [5.41, 5.74) is 1.81. The van der Waals surface area contributed by atoms with Crippen LogP contribution in [0, 0.1) is 22.5 Å². The molecule has 1 fully saturated rings. The standard InChI is InChI=1S/C12H16N2O3/c1-9-3-4-11(14(15)16)10(5-9)13-6-12(2)7-17-8-12/h3-5,13H,6-8H2,1-2H3. The van der Waals surface area contributed by atoms with Gasteiger partial charge in [0, 0.05) is 18.0 Å². The topological polar surface area (TPSA) is 64.4 Å². The predicted molar refractivity (Wildman–Crippen MR) is 65.2 cm³/mol. The van der Waals surface area contributed by atoms with E-state index in [9.17, 15) is 10.1 Å². The molecule has 0 radical (unpaired) electrons. The third kappa shape index (κ3) is 2.55. The minimum absolute atomic E-state index is 0.0949. The van der Waals surface area contributed by atoms with Crippen molar-refractivity contribution in [1.29, 1.82) is 0 Å². The van der Waals surface area contributed by atoms with Gasteiger partial charge in [0.15, 0.2) is 0 Å². The van der Waals surface area contributed by atoms with Crippen LogP contribution in [0.5, 0.6) is 0 Å². The number of benzene rings is 1. The van der Waals surface area contributed by atoms with Crippen LogP contribution in [-0.4, -0.2) is 24.7 Å². The van der Waals surface area contributed by atoms with Crippen molar-refractivity contribution in [2.45, 2.75) is 13.8 Å². The second-order valence-corrected chi connectivity index (χ2v) is 4.93. The summed E-state index contributed by atoms with van der Waals surface area (Å²) in [5, 5.41) is 14.0. The molecule has 1 heterocycles. The second-order valence-electron chi connectivity index (χ2n) is 4.93. The van der Waals surface area contributed by atoms with E-state index in [4.69, 9.17) is 4.74 Å². The van der Waals surface area contributed by atoms with Crippen LogP contribution in [0.1, 0.15) is 12.5 Å². The SMILES string of the molecule is Cc1ccc([N+](=O)[O-])c(NCC2(C)COC2)c1. The van der Waals surface area contributed by atoms with Crippen LogP contribution >= 0.6 is 0 Å². The maximum atomic E-state index is 10.9. The zero-order chi connectivity index (χ0) is 12.5. The van der Waals surface area contributed by atoms with Gasteiger partial charge in [0.05, 0.1) is 18.1 Å². The largest absolute Gasteiger partial charge is 0.380 e. The maximum Gasteiger partial charge on any atom is 0.292 e. The van der Waals surface area contributed by atoms with Crippen LogP contribution in [0.15, 0.2) is 18.2 Å². The van der Waals surface area contributed by atoms with Crippen LogP contribution < -0.4 is 5.32 Å². The fourth-order valence-electron chi connectivity index (χ4n) is 1.81. The third-order valence-corrected chi connectivity index (χ3v) is 2.96. The number of nitrogens with zero attached hydrogens (tertiary/aromatic N) is 1. The number of aryl methyl sites for hydroxylation is 1. The van der Waals surface area contributed by atoms with Crippen molar-refractivity contribution in [2.75, 3.05) is 25.1 Å². The summed E-state index contributed by atoms with van der Waals surface area (Å²) in [5.74, 6) is 0. The molecule has 0 aliphatic carbocycles. The van der Waals surface area contributed by atoms with E-state index in [-0.39, 0.29) is 16.0 Å². The van der Waals surface area contributed by atoms with Crippen molar-refractivity contribution in [3.05, 3.63) is 33.9 Å². The van der Waals surface area contributed by atoms with E-state index >= 15 is 0 Å². The molecule has 92 valence electrons. The Morgan fingerprint density at radius 3 is 2.76 bits per heavy atom. The van der Waals surface area contributed by atoms with Gasteiger partial charge in [-0.25, -0.2) is 0 Å². The Morgan fingerprint density at radius 2 is 2.24 bits per heavy atom. The molecule has 5 heteroatoms. The summed E-state index contributed by atoms with van der Waals surface area (Å²) in [6.45, 7) is 6.13. The molecule has 1 saturated heterocycles. The molecule has 0 bridgehead atoms. The van der Waals surface area contributed by atoms with Crippen molar-refractivity contribution < 1.29 is 9.66 Å². The van der Waals surface area contributed by atoms with E-state index in [2.05, 4.69) is 12.2 Å². The Balaban J connectivity index is 2.13. The van der Waals surface area contributed by atoms with E-state index in [0.717, 1.165) is 5.56 Å². The van der Waals surface area contributed by atoms with Gasteiger partial charge in [-0.05, 0) is 18.6 Å². The Hall–Kier alpha value is -1.62. The first-order chi connectivity index (χ1) is 8.00. The van der Waals surface area contributed by atoms with E-state index in [1.807, 2.05) is 6.92 Å². The fourth-order valence-corrected chi connectivity index (χ4v) is 1.81. The highest BCUT2D eigenvalue weighted by atomic mass is 16.6. The minimum atomic E-state index is -0.360. The van der Waals surface area contributed by atoms with Crippen molar-refractivity contribution in [3.8, 4) is 0 Å². The Kier molecular flexibility index (Phi) is 3.02. The molecular formula is C12H16N2O3. The molecule has 17 heavy (non-hydrogen) atoms. The van der Waals surface area contributed by atoms with E-state index in [1.165, 1.54) is 6.07 Å². The summed E-state index contributed by atoms with van der Waals surface area (Å²) >= 11 is 0. The first-order valence-electron chi connectivity index (χ1n) is 5.57. The zero-order valence-corrected chi connectivity index (χ0v) is 10.0. The third-order valence-electron chi connectivity index (χ3n) is 2.96. The molecule has 0 saturated carbocycles. The summed E-state index contributed by atoms with van der Waals surface area (Å²) in [6.07, 6.45) is 0. The van der Waals surface area contributed by atoms with Crippen molar-refractivity contribution in [1.82, 2.24) is 0 Å². The van der Waals surface area contributed by atoms with E-state index in [0.29, 0.717) is 25.4 Å². The van der Waals surface area contributed by atoms with Crippen LogP contribution in [0.2, 0.25) is 0 Å². The first-order valence-corrected chi connectivity index (χ1v) is 5.57. The number of ether oxygens (including phenoxy) is 1. The van der Waals surface area contributed by atoms with Gasteiger partial charge in [-0.2, -0.15) is 0 Å².